The minimum absolute atomic E-state index is 0.0343. The zero-order chi connectivity index (χ0) is 20.9. The van der Waals surface area contributed by atoms with Gasteiger partial charge in [-0.15, -0.1) is 0 Å². The molecule has 2 aromatic rings. The Morgan fingerprint density at radius 3 is 2.28 bits per heavy atom. The fourth-order valence-electron chi connectivity index (χ4n) is 3.41. The third-order valence-corrected chi connectivity index (χ3v) is 6.53. The molecule has 7 nitrogen and oxygen atoms in total. The first kappa shape index (κ1) is 21.1. The third-order valence-electron chi connectivity index (χ3n) is 4.99. The van der Waals surface area contributed by atoms with Crippen LogP contribution in [0.1, 0.15) is 42.5 Å². The van der Waals surface area contributed by atoms with Gasteiger partial charge in [0.25, 0.3) is 5.91 Å². The van der Waals surface area contributed by atoms with Crippen molar-refractivity contribution in [2.45, 2.75) is 43.0 Å². The van der Waals surface area contributed by atoms with E-state index in [1.54, 1.807) is 31.4 Å². The Morgan fingerprint density at radius 2 is 1.66 bits per heavy atom. The van der Waals surface area contributed by atoms with Gasteiger partial charge in [-0.25, -0.2) is 13.1 Å². The first-order valence-electron chi connectivity index (χ1n) is 9.59. The predicted octanol–water partition coefficient (Wildman–Crippen LogP) is 3.57. The van der Waals surface area contributed by atoms with Crippen molar-refractivity contribution in [1.29, 1.82) is 0 Å². The highest BCUT2D eigenvalue weighted by molar-refractivity contribution is 7.89. The summed E-state index contributed by atoms with van der Waals surface area (Å²) in [5.41, 5.74) is 0.807. The maximum absolute atomic E-state index is 12.9. The maximum Gasteiger partial charge on any atom is 0.255 e. The van der Waals surface area contributed by atoms with Crippen LogP contribution in [0, 0.1) is 0 Å². The predicted molar refractivity (Wildman–Crippen MR) is 111 cm³/mol. The Kier molecular flexibility index (Phi) is 6.76. The molecule has 29 heavy (non-hydrogen) atoms. The average Bonchev–Trinajstić information content (AvgIpc) is 2.74. The van der Waals surface area contributed by atoms with E-state index in [2.05, 4.69) is 10.0 Å². The fraction of sp³-hybridized carbons (Fsp3) is 0.381. The van der Waals surface area contributed by atoms with Gasteiger partial charge in [0, 0.05) is 17.3 Å². The van der Waals surface area contributed by atoms with Crippen LogP contribution in [0.4, 0.5) is 5.69 Å². The number of sulfonamides is 1. The van der Waals surface area contributed by atoms with E-state index in [0.717, 1.165) is 32.1 Å². The maximum atomic E-state index is 12.9. The van der Waals surface area contributed by atoms with Gasteiger partial charge in [-0.2, -0.15) is 0 Å². The Morgan fingerprint density at radius 1 is 0.966 bits per heavy atom. The smallest absolute Gasteiger partial charge is 0.255 e. The molecule has 1 amide bonds. The zero-order valence-electron chi connectivity index (χ0n) is 16.6. The van der Waals surface area contributed by atoms with Crippen molar-refractivity contribution in [2.75, 3.05) is 19.5 Å². The number of ether oxygens (including phenoxy) is 2. The van der Waals surface area contributed by atoms with E-state index in [0.29, 0.717) is 11.4 Å². The van der Waals surface area contributed by atoms with Crippen LogP contribution in [0.25, 0.3) is 0 Å². The monoisotopic (exact) mass is 418 g/mol. The lowest BCUT2D eigenvalue weighted by molar-refractivity contribution is 0.102. The van der Waals surface area contributed by atoms with Crippen LogP contribution in [0.15, 0.2) is 47.4 Å². The molecule has 3 rings (SSSR count). The van der Waals surface area contributed by atoms with Crippen molar-refractivity contribution in [3.05, 3.63) is 48.0 Å². The normalized spacial score (nSPS) is 15.0. The first-order valence-corrected chi connectivity index (χ1v) is 11.1. The summed E-state index contributed by atoms with van der Waals surface area (Å²) in [7, 11) is -0.840. The highest BCUT2D eigenvalue weighted by Crippen LogP contribution is 2.27. The van der Waals surface area contributed by atoms with Crippen LogP contribution in [0.3, 0.4) is 0 Å². The van der Waals surface area contributed by atoms with E-state index < -0.39 is 15.9 Å². The van der Waals surface area contributed by atoms with E-state index >= 15 is 0 Å². The molecule has 1 aliphatic rings. The largest absolute Gasteiger partial charge is 0.497 e. The minimum Gasteiger partial charge on any atom is -0.497 e. The van der Waals surface area contributed by atoms with Gasteiger partial charge in [0.15, 0.2) is 0 Å². The molecule has 0 bridgehead atoms. The van der Waals surface area contributed by atoms with E-state index in [1.165, 1.54) is 25.3 Å². The molecular weight excluding hydrogens is 392 g/mol. The van der Waals surface area contributed by atoms with Crippen LogP contribution in [-0.2, 0) is 10.0 Å². The Bertz CT molecular complexity index is 952. The number of amides is 1. The molecular formula is C21H26N2O5S. The molecule has 2 N–H and O–H groups in total. The number of hydrogen-bond donors (Lipinski definition) is 2. The molecule has 0 unspecified atom stereocenters. The summed E-state index contributed by atoms with van der Waals surface area (Å²) in [5, 5.41) is 2.76. The number of rotatable bonds is 7. The molecule has 0 aliphatic heterocycles. The van der Waals surface area contributed by atoms with Crippen LogP contribution >= 0.6 is 0 Å². The van der Waals surface area contributed by atoms with Crippen LogP contribution in [0.2, 0.25) is 0 Å². The van der Waals surface area contributed by atoms with E-state index in [4.69, 9.17) is 9.47 Å². The second-order valence-corrected chi connectivity index (χ2v) is 8.69. The molecule has 1 saturated carbocycles. The van der Waals surface area contributed by atoms with Crippen LogP contribution < -0.4 is 19.5 Å². The summed E-state index contributed by atoms with van der Waals surface area (Å²) < 4.78 is 39.0. The number of hydrogen-bond acceptors (Lipinski definition) is 5. The number of benzene rings is 2. The van der Waals surface area contributed by atoms with Gasteiger partial charge in [0.05, 0.1) is 14.2 Å². The highest BCUT2D eigenvalue weighted by Gasteiger charge is 2.26. The summed E-state index contributed by atoms with van der Waals surface area (Å²) in [4.78, 5) is 12.6. The molecule has 1 aliphatic carbocycles. The summed E-state index contributed by atoms with van der Waals surface area (Å²) in [6.45, 7) is 0. The number of nitrogens with one attached hydrogen (secondary N) is 2. The number of methoxy groups -OCH3 is 2. The average molecular weight is 419 g/mol. The molecule has 0 aromatic heterocycles. The summed E-state index contributed by atoms with van der Waals surface area (Å²) in [5.74, 6) is 0.468. The lowest BCUT2D eigenvalue weighted by atomic mass is 9.96. The van der Waals surface area contributed by atoms with Crippen molar-refractivity contribution in [1.82, 2.24) is 4.72 Å². The number of carbonyl (C=O) groups is 1. The first-order chi connectivity index (χ1) is 13.9. The molecule has 8 heteroatoms. The minimum atomic E-state index is -3.81. The molecule has 2 aromatic carbocycles. The highest BCUT2D eigenvalue weighted by atomic mass is 32.2. The molecule has 156 valence electrons. The topological polar surface area (TPSA) is 93.7 Å². The van der Waals surface area contributed by atoms with Crippen molar-refractivity contribution in [3.63, 3.8) is 0 Å². The Hall–Kier alpha value is -2.58. The summed E-state index contributed by atoms with van der Waals surface area (Å²) >= 11 is 0. The second-order valence-electron chi connectivity index (χ2n) is 7.00. The van der Waals surface area contributed by atoms with Gasteiger partial charge < -0.3 is 14.8 Å². The standard InChI is InChI=1S/C21H26N2O5S/c1-27-18-11-9-16(10-12-18)22-21(24)15-8-13-19(28-2)20(14-15)29(25,26)23-17-6-4-3-5-7-17/h8-14,17,23H,3-7H2,1-2H3,(H,22,24). The van der Waals surface area contributed by atoms with Gasteiger partial charge in [0.1, 0.15) is 16.4 Å². The van der Waals surface area contributed by atoms with Crippen LogP contribution in [0.5, 0.6) is 11.5 Å². The molecule has 0 heterocycles. The van der Waals surface area contributed by atoms with Crippen LogP contribution in [-0.4, -0.2) is 34.6 Å². The van der Waals surface area contributed by atoms with Crippen molar-refractivity contribution in [2.24, 2.45) is 0 Å². The fourth-order valence-corrected chi connectivity index (χ4v) is 4.91. The van der Waals surface area contributed by atoms with E-state index in [-0.39, 0.29) is 22.3 Å². The van der Waals surface area contributed by atoms with Crippen molar-refractivity contribution in [3.8, 4) is 11.5 Å². The third kappa shape index (κ3) is 5.27. The quantitative estimate of drug-likeness (QED) is 0.717. The Balaban J connectivity index is 1.82. The lowest BCUT2D eigenvalue weighted by Gasteiger charge is -2.23. The van der Waals surface area contributed by atoms with E-state index in [9.17, 15) is 13.2 Å². The zero-order valence-corrected chi connectivity index (χ0v) is 17.4. The van der Waals surface area contributed by atoms with Crippen molar-refractivity contribution >= 4 is 21.6 Å². The second kappa shape index (κ2) is 9.28. The molecule has 1 fully saturated rings. The van der Waals surface area contributed by atoms with E-state index in [1.807, 2.05) is 0 Å². The summed E-state index contributed by atoms with van der Waals surface area (Å²) in [6.07, 6.45) is 4.78. The lowest BCUT2D eigenvalue weighted by Crippen LogP contribution is -2.36. The summed E-state index contributed by atoms with van der Waals surface area (Å²) in [6, 6.07) is 11.2. The molecule has 0 atom stereocenters. The van der Waals surface area contributed by atoms with Gasteiger partial charge in [-0.05, 0) is 55.3 Å². The van der Waals surface area contributed by atoms with Gasteiger partial charge >= 0.3 is 0 Å². The molecule has 0 spiro atoms. The van der Waals surface area contributed by atoms with Gasteiger partial charge in [-0.1, -0.05) is 19.3 Å². The number of carbonyl (C=O) groups excluding carboxylic acids is 1. The molecule has 0 radical (unpaired) electrons. The SMILES string of the molecule is COc1ccc(NC(=O)c2ccc(OC)c(S(=O)(=O)NC3CCCCC3)c2)cc1. The van der Waals surface area contributed by atoms with Crippen molar-refractivity contribution < 1.29 is 22.7 Å². The molecule has 0 saturated heterocycles. The Labute approximate surface area is 171 Å². The van der Waals surface area contributed by atoms with Gasteiger partial charge in [-0.3, -0.25) is 4.79 Å². The van der Waals surface area contributed by atoms with Gasteiger partial charge in [0.2, 0.25) is 10.0 Å². The number of anilines is 1.